The first-order valence-electron chi connectivity index (χ1n) is 10.8. The van der Waals surface area contributed by atoms with E-state index in [1.807, 2.05) is 19.1 Å². The largest absolute Gasteiger partial charge is 0.478 e. The third-order valence-corrected chi connectivity index (χ3v) is 6.02. The zero-order valence-corrected chi connectivity index (χ0v) is 17.4. The zero-order valence-electron chi connectivity index (χ0n) is 17.4. The van der Waals surface area contributed by atoms with Crippen molar-refractivity contribution in [3.8, 4) is 17.1 Å². The van der Waals surface area contributed by atoms with Crippen LogP contribution in [0.3, 0.4) is 0 Å². The molecule has 0 unspecified atom stereocenters. The van der Waals surface area contributed by atoms with Gasteiger partial charge in [0.1, 0.15) is 5.75 Å². The van der Waals surface area contributed by atoms with Crippen LogP contribution in [0.4, 0.5) is 0 Å². The molecule has 0 spiro atoms. The SMILES string of the molecule is Cc1noc(-c2ccc(OC3(C(=O)O)CCCCC3)cc2)c1CO[C@H]1CCCCO1. The van der Waals surface area contributed by atoms with Crippen LogP contribution >= 0.6 is 0 Å². The van der Waals surface area contributed by atoms with Gasteiger partial charge in [-0.1, -0.05) is 11.6 Å². The van der Waals surface area contributed by atoms with Gasteiger partial charge in [-0.2, -0.15) is 0 Å². The van der Waals surface area contributed by atoms with Crippen LogP contribution in [0.2, 0.25) is 0 Å². The highest BCUT2D eigenvalue weighted by molar-refractivity contribution is 5.78. The minimum Gasteiger partial charge on any atom is -0.478 e. The van der Waals surface area contributed by atoms with E-state index in [4.69, 9.17) is 18.7 Å². The van der Waals surface area contributed by atoms with Crippen molar-refractivity contribution in [1.29, 1.82) is 0 Å². The summed E-state index contributed by atoms with van der Waals surface area (Å²) in [7, 11) is 0. The smallest absolute Gasteiger partial charge is 0.348 e. The number of carboxylic acids is 1. The number of aromatic nitrogens is 1. The molecule has 162 valence electrons. The summed E-state index contributed by atoms with van der Waals surface area (Å²) in [4.78, 5) is 11.8. The summed E-state index contributed by atoms with van der Waals surface area (Å²) < 4.78 is 23.1. The summed E-state index contributed by atoms with van der Waals surface area (Å²) in [5, 5.41) is 13.8. The maximum Gasteiger partial charge on any atom is 0.348 e. The maximum atomic E-state index is 11.8. The first kappa shape index (κ1) is 20.9. The molecule has 4 rings (SSSR count). The molecule has 2 aliphatic rings. The lowest BCUT2D eigenvalue weighted by atomic mass is 9.84. The van der Waals surface area contributed by atoms with E-state index in [0.717, 1.165) is 62.0 Å². The molecular formula is C23H29NO6. The number of aliphatic carboxylic acids is 1. The lowest BCUT2D eigenvalue weighted by molar-refractivity contribution is -0.168. The average molecular weight is 415 g/mol. The Hall–Kier alpha value is -2.38. The van der Waals surface area contributed by atoms with Crippen molar-refractivity contribution < 1.29 is 28.6 Å². The van der Waals surface area contributed by atoms with Gasteiger partial charge in [-0.25, -0.2) is 4.79 Å². The van der Waals surface area contributed by atoms with Gasteiger partial charge < -0.3 is 23.8 Å². The van der Waals surface area contributed by atoms with Crippen LogP contribution in [0.1, 0.15) is 62.6 Å². The summed E-state index contributed by atoms with van der Waals surface area (Å²) in [5.74, 6) is 0.315. The Kier molecular flexibility index (Phi) is 6.39. The summed E-state index contributed by atoms with van der Waals surface area (Å²) in [6, 6.07) is 7.32. The van der Waals surface area contributed by atoms with Crippen LogP contribution in [0, 0.1) is 6.92 Å². The molecule has 1 aliphatic heterocycles. The Balaban J connectivity index is 1.47. The molecule has 2 fully saturated rings. The fourth-order valence-corrected chi connectivity index (χ4v) is 4.19. The van der Waals surface area contributed by atoms with Crippen LogP contribution in [0.25, 0.3) is 11.3 Å². The number of hydrogen-bond donors (Lipinski definition) is 1. The first-order valence-corrected chi connectivity index (χ1v) is 10.8. The lowest BCUT2D eigenvalue weighted by Crippen LogP contribution is -2.46. The Morgan fingerprint density at radius 3 is 2.60 bits per heavy atom. The molecule has 7 nitrogen and oxygen atoms in total. The fourth-order valence-electron chi connectivity index (χ4n) is 4.19. The van der Waals surface area contributed by atoms with E-state index in [2.05, 4.69) is 5.16 Å². The van der Waals surface area contributed by atoms with Crippen molar-refractivity contribution in [2.75, 3.05) is 6.61 Å². The second kappa shape index (κ2) is 9.18. The molecule has 1 aliphatic carbocycles. The van der Waals surface area contributed by atoms with Crippen molar-refractivity contribution in [3.63, 3.8) is 0 Å². The van der Waals surface area contributed by atoms with E-state index in [-0.39, 0.29) is 6.29 Å². The number of nitrogens with zero attached hydrogens (tertiary/aromatic N) is 1. The standard InChI is InChI=1S/C23H29NO6/c1-16-19(15-28-20-7-3-6-14-27-20)21(30-24-16)17-8-10-18(11-9-17)29-23(22(25)26)12-4-2-5-13-23/h8-11,20H,2-7,12-15H2,1H3,(H,25,26)/t20-/m0/s1. The molecule has 2 heterocycles. The van der Waals surface area contributed by atoms with Crippen molar-refractivity contribution in [3.05, 3.63) is 35.5 Å². The lowest BCUT2D eigenvalue weighted by Gasteiger charge is -2.33. The molecule has 30 heavy (non-hydrogen) atoms. The second-order valence-corrected chi connectivity index (χ2v) is 8.17. The van der Waals surface area contributed by atoms with Crippen LogP contribution in [-0.4, -0.2) is 34.7 Å². The molecule has 1 saturated heterocycles. The number of rotatable bonds is 7. The molecule has 2 aromatic rings. The number of ether oxygens (including phenoxy) is 3. The van der Waals surface area contributed by atoms with Gasteiger partial charge in [0.05, 0.1) is 12.3 Å². The number of benzene rings is 1. The minimum absolute atomic E-state index is 0.181. The normalized spacial score (nSPS) is 21.3. The highest BCUT2D eigenvalue weighted by Crippen LogP contribution is 2.35. The topological polar surface area (TPSA) is 91.0 Å². The van der Waals surface area contributed by atoms with E-state index in [0.29, 0.717) is 31.0 Å². The Bertz CT molecular complexity index is 847. The van der Waals surface area contributed by atoms with Gasteiger partial charge in [0.2, 0.25) is 5.60 Å². The third kappa shape index (κ3) is 4.52. The Morgan fingerprint density at radius 1 is 1.17 bits per heavy atom. The van der Waals surface area contributed by atoms with E-state index in [1.54, 1.807) is 12.1 Å². The third-order valence-electron chi connectivity index (χ3n) is 6.02. The maximum absolute atomic E-state index is 11.8. The summed E-state index contributed by atoms with van der Waals surface area (Å²) in [5.41, 5.74) is 1.40. The quantitative estimate of drug-likeness (QED) is 0.690. The monoisotopic (exact) mass is 415 g/mol. The van der Waals surface area contributed by atoms with Crippen LogP contribution in [0.15, 0.2) is 28.8 Å². The molecular weight excluding hydrogens is 386 g/mol. The van der Waals surface area contributed by atoms with E-state index < -0.39 is 11.6 Å². The van der Waals surface area contributed by atoms with Gasteiger partial charge in [0, 0.05) is 17.7 Å². The molecule has 1 aromatic carbocycles. The number of carbonyl (C=O) groups is 1. The summed E-state index contributed by atoms with van der Waals surface area (Å²) in [6.45, 7) is 3.00. The van der Waals surface area contributed by atoms with Crippen molar-refractivity contribution in [1.82, 2.24) is 5.16 Å². The van der Waals surface area contributed by atoms with Crippen molar-refractivity contribution >= 4 is 5.97 Å². The minimum atomic E-state index is -1.12. The fraction of sp³-hybridized carbons (Fsp3) is 0.565. The summed E-state index contributed by atoms with van der Waals surface area (Å²) >= 11 is 0. The molecule has 1 saturated carbocycles. The van der Waals surface area contributed by atoms with Crippen LogP contribution in [-0.2, 0) is 20.9 Å². The van der Waals surface area contributed by atoms with Gasteiger partial charge >= 0.3 is 5.97 Å². The molecule has 0 bridgehead atoms. The van der Waals surface area contributed by atoms with E-state index in [1.165, 1.54) is 0 Å². The average Bonchev–Trinajstić information content (AvgIpc) is 3.14. The van der Waals surface area contributed by atoms with Crippen LogP contribution in [0.5, 0.6) is 5.75 Å². The first-order chi connectivity index (χ1) is 14.6. The van der Waals surface area contributed by atoms with E-state index >= 15 is 0 Å². The predicted octanol–water partition coefficient (Wildman–Crippen LogP) is 4.86. The molecule has 1 aromatic heterocycles. The van der Waals surface area contributed by atoms with Gasteiger partial charge in [-0.15, -0.1) is 0 Å². The van der Waals surface area contributed by atoms with E-state index in [9.17, 15) is 9.90 Å². The number of carboxylic acid groups (broad SMARTS) is 1. The van der Waals surface area contributed by atoms with Gasteiger partial charge in [0.15, 0.2) is 12.1 Å². The zero-order chi connectivity index (χ0) is 21.0. The van der Waals surface area contributed by atoms with Crippen molar-refractivity contribution in [2.24, 2.45) is 0 Å². The van der Waals surface area contributed by atoms with Gasteiger partial charge in [-0.3, -0.25) is 0 Å². The highest BCUT2D eigenvalue weighted by Gasteiger charge is 2.42. The second-order valence-electron chi connectivity index (χ2n) is 8.17. The molecule has 0 amide bonds. The van der Waals surface area contributed by atoms with Gasteiger partial charge in [-0.05, 0) is 76.1 Å². The molecule has 7 heteroatoms. The Labute approximate surface area is 176 Å². The molecule has 1 N–H and O–H groups in total. The summed E-state index contributed by atoms with van der Waals surface area (Å²) in [6.07, 6.45) is 6.78. The van der Waals surface area contributed by atoms with Crippen molar-refractivity contribution in [2.45, 2.75) is 76.8 Å². The Morgan fingerprint density at radius 2 is 1.93 bits per heavy atom. The predicted molar refractivity (Wildman–Crippen MR) is 109 cm³/mol. The van der Waals surface area contributed by atoms with Gasteiger partial charge in [0.25, 0.3) is 0 Å². The molecule has 0 radical (unpaired) electrons. The number of hydrogen-bond acceptors (Lipinski definition) is 6. The molecule has 1 atom stereocenters. The van der Waals surface area contributed by atoms with Crippen LogP contribution < -0.4 is 4.74 Å². The number of aryl methyl sites for hydroxylation is 1. The highest BCUT2D eigenvalue weighted by atomic mass is 16.7.